The van der Waals surface area contributed by atoms with Gasteiger partial charge in [0.25, 0.3) is 5.56 Å². The molecule has 0 N–H and O–H groups in total. The Labute approximate surface area is 253 Å². The van der Waals surface area contributed by atoms with Crippen molar-refractivity contribution in [1.82, 2.24) is 9.13 Å². The van der Waals surface area contributed by atoms with E-state index in [0.29, 0.717) is 45.2 Å². The summed E-state index contributed by atoms with van der Waals surface area (Å²) in [7, 11) is 1.30. The van der Waals surface area contributed by atoms with E-state index in [1.165, 1.54) is 29.2 Å². The van der Waals surface area contributed by atoms with Crippen molar-refractivity contribution in [1.29, 1.82) is 0 Å². The van der Waals surface area contributed by atoms with Crippen molar-refractivity contribution in [3.63, 3.8) is 0 Å². The summed E-state index contributed by atoms with van der Waals surface area (Å²) in [5.41, 5.74) is 4.85. The molecule has 2 aromatic heterocycles. The predicted molar refractivity (Wildman–Crippen MR) is 165 cm³/mol. The van der Waals surface area contributed by atoms with Crippen LogP contribution in [0.3, 0.4) is 0 Å². The van der Waals surface area contributed by atoms with E-state index in [9.17, 15) is 14.4 Å². The highest BCUT2D eigenvalue weighted by Gasteiger charge is 2.31. The van der Waals surface area contributed by atoms with Crippen LogP contribution in [-0.2, 0) is 9.53 Å². The van der Waals surface area contributed by atoms with E-state index in [2.05, 4.69) is 9.56 Å². The van der Waals surface area contributed by atoms with Gasteiger partial charge in [-0.1, -0.05) is 29.5 Å². The predicted octanol–water partition coefficient (Wildman–Crippen LogP) is 4.43. The van der Waals surface area contributed by atoms with Crippen LogP contribution in [0.1, 0.15) is 59.7 Å². The average Bonchev–Trinajstić information content (AvgIpc) is 3.47. The molecule has 5 rings (SSSR count). The van der Waals surface area contributed by atoms with Gasteiger partial charge in [-0.3, -0.25) is 14.2 Å². The van der Waals surface area contributed by atoms with Crippen LogP contribution in [0.15, 0.2) is 70.1 Å². The number of carbonyl (C=O) groups excluding carboxylic acids is 2. The molecule has 0 spiro atoms. The molecule has 3 heterocycles. The molecule has 4 aromatic rings. The molecule has 0 fully saturated rings. The Morgan fingerprint density at radius 3 is 2.47 bits per heavy atom. The van der Waals surface area contributed by atoms with Crippen molar-refractivity contribution < 1.29 is 23.8 Å². The topological polar surface area (TPSA) is 101 Å². The van der Waals surface area contributed by atoms with E-state index in [4.69, 9.17) is 14.2 Å². The summed E-state index contributed by atoms with van der Waals surface area (Å²) in [4.78, 5) is 43.8. The Morgan fingerprint density at radius 2 is 1.77 bits per heavy atom. The highest BCUT2D eigenvalue weighted by atomic mass is 32.1. The number of fused-ring (bicyclic) bond motifs is 1. The molecular weight excluding hydrogens is 566 g/mol. The number of ketones is 1. The van der Waals surface area contributed by atoms with Crippen molar-refractivity contribution in [3.05, 3.63) is 108 Å². The van der Waals surface area contributed by atoms with Crippen molar-refractivity contribution in [2.45, 2.75) is 40.7 Å². The molecule has 0 amide bonds. The molecule has 0 saturated carbocycles. The molecular formula is C33H33N3O6S. The molecule has 1 aliphatic heterocycles. The van der Waals surface area contributed by atoms with Gasteiger partial charge in [-0.05, 0) is 82.2 Å². The third kappa shape index (κ3) is 5.58. The lowest BCUT2D eigenvalue weighted by molar-refractivity contribution is -0.136. The summed E-state index contributed by atoms with van der Waals surface area (Å²) < 4.78 is 20.7. The molecule has 10 heteroatoms. The van der Waals surface area contributed by atoms with Gasteiger partial charge in [-0.2, -0.15) is 0 Å². The molecule has 1 aliphatic rings. The van der Waals surface area contributed by atoms with Crippen molar-refractivity contribution in [3.8, 4) is 17.2 Å². The van der Waals surface area contributed by atoms with Gasteiger partial charge in [-0.15, -0.1) is 0 Å². The van der Waals surface area contributed by atoms with Crippen LogP contribution in [0.4, 0.5) is 0 Å². The Balaban J connectivity index is 1.65. The number of benzene rings is 2. The van der Waals surface area contributed by atoms with Crippen molar-refractivity contribution in [2.24, 2.45) is 4.99 Å². The minimum Gasteiger partial charge on any atom is -0.490 e. The summed E-state index contributed by atoms with van der Waals surface area (Å²) in [5, 5.41) is 0. The average molecular weight is 600 g/mol. The van der Waals surface area contributed by atoms with E-state index in [1.807, 2.05) is 64.1 Å². The smallest absolute Gasteiger partial charge is 0.337 e. The lowest BCUT2D eigenvalue weighted by atomic mass is 9.97. The zero-order valence-corrected chi connectivity index (χ0v) is 25.8. The number of aryl methyl sites for hydroxylation is 1. The first kappa shape index (κ1) is 29.8. The number of hydrogen-bond acceptors (Lipinski definition) is 8. The molecule has 222 valence electrons. The fraction of sp³-hybridized carbons (Fsp3) is 0.273. The number of thiazole rings is 1. The summed E-state index contributed by atoms with van der Waals surface area (Å²) in [6, 6.07) is 14.1. The van der Waals surface area contributed by atoms with E-state index in [0.717, 1.165) is 22.6 Å². The van der Waals surface area contributed by atoms with E-state index >= 15 is 0 Å². The van der Waals surface area contributed by atoms with Crippen LogP contribution >= 0.6 is 11.3 Å². The first-order chi connectivity index (χ1) is 20.7. The standard InChI is InChI=1S/C33H33N3O6S/c1-7-41-27-13-12-23(16-28(27)42-8-2)30-26(32(39)40-6)18-34-33-36(30)31(38)29(43-33)17-24-14-19(3)35(20(24)4)25-11-9-10-22(15-25)21(5)37/h9-18,30H,7-8H2,1-6H3/b29-17-/t30-/m0/s1. The number of methoxy groups -OCH3 is 1. The second kappa shape index (κ2) is 12.3. The van der Waals surface area contributed by atoms with Crippen LogP contribution in [0.5, 0.6) is 11.5 Å². The summed E-state index contributed by atoms with van der Waals surface area (Å²) in [6.45, 7) is 10.2. The maximum Gasteiger partial charge on any atom is 0.337 e. The molecule has 43 heavy (non-hydrogen) atoms. The number of nitrogens with zero attached hydrogens (tertiary/aromatic N) is 3. The highest BCUT2D eigenvalue weighted by molar-refractivity contribution is 7.07. The Kier molecular flexibility index (Phi) is 8.50. The molecule has 0 bridgehead atoms. The third-order valence-electron chi connectivity index (χ3n) is 7.28. The maximum absolute atomic E-state index is 14.0. The van der Waals surface area contributed by atoms with E-state index < -0.39 is 12.0 Å². The van der Waals surface area contributed by atoms with Gasteiger partial charge >= 0.3 is 5.97 Å². The minimum atomic E-state index is -0.775. The van der Waals surface area contributed by atoms with Crippen LogP contribution < -0.4 is 24.4 Å². The molecule has 0 radical (unpaired) electrons. The molecule has 0 saturated heterocycles. The molecule has 2 aromatic carbocycles. The Bertz CT molecular complexity index is 1950. The summed E-state index contributed by atoms with van der Waals surface area (Å²) >= 11 is 1.25. The van der Waals surface area contributed by atoms with Gasteiger partial charge in [-0.25, -0.2) is 9.79 Å². The van der Waals surface area contributed by atoms with Gasteiger partial charge in [0.1, 0.15) is 0 Å². The van der Waals surface area contributed by atoms with Crippen LogP contribution in [-0.4, -0.2) is 41.2 Å². The van der Waals surface area contributed by atoms with E-state index in [-0.39, 0.29) is 16.9 Å². The Hall–Kier alpha value is -4.70. The lowest BCUT2D eigenvalue weighted by Crippen LogP contribution is -2.39. The van der Waals surface area contributed by atoms with E-state index in [1.54, 1.807) is 25.1 Å². The fourth-order valence-electron chi connectivity index (χ4n) is 5.32. The summed E-state index contributed by atoms with van der Waals surface area (Å²) in [5.74, 6) is 0.512. The maximum atomic E-state index is 14.0. The first-order valence-corrected chi connectivity index (χ1v) is 14.8. The minimum absolute atomic E-state index is 0.00701. The number of rotatable bonds is 9. The first-order valence-electron chi connectivity index (χ1n) is 14.0. The van der Waals surface area contributed by atoms with Crippen molar-refractivity contribution in [2.75, 3.05) is 20.3 Å². The monoisotopic (exact) mass is 599 g/mol. The van der Waals surface area contributed by atoms with Crippen LogP contribution in [0.2, 0.25) is 0 Å². The Morgan fingerprint density at radius 1 is 1.02 bits per heavy atom. The van der Waals surface area contributed by atoms with Crippen molar-refractivity contribution >= 4 is 29.2 Å². The van der Waals surface area contributed by atoms with Gasteiger partial charge in [0.2, 0.25) is 0 Å². The van der Waals surface area contributed by atoms with Gasteiger partial charge in [0, 0.05) is 28.8 Å². The zero-order valence-electron chi connectivity index (χ0n) is 25.0. The largest absolute Gasteiger partial charge is 0.490 e. The quantitative estimate of drug-likeness (QED) is 0.209. The molecule has 1 atom stereocenters. The van der Waals surface area contributed by atoms with Gasteiger partial charge in [0.15, 0.2) is 22.1 Å². The molecule has 0 aliphatic carbocycles. The SMILES string of the molecule is CCOc1ccc([C@H]2C(C(=O)OC)=CN=c3s/c(=C\c4cc(C)n(-c5cccc(C(C)=O)c5)c4C)c(=O)n32)cc1OCC. The number of esters is 1. The number of carbonyl (C=O) groups is 2. The normalized spacial score (nSPS) is 14.5. The number of Topliss-reactive ketones (excluding diaryl/α,β-unsaturated/α-hetero) is 1. The molecule has 9 nitrogen and oxygen atoms in total. The molecule has 0 unspecified atom stereocenters. The lowest BCUT2D eigenvalue weighted by Gasteiger charge is -2.23. The summed E-state index contributed by atoms with van der Waals surface area (Å²) in [6.07, 6.45) is 3.32. The third-order valence-corrected chi connectivity index (χ3v) is 8.27. The fourth-order valence-corrected chi connectivity index (χ4v) is 6.28. The number of aromatic nitrogens is 2. The second-order valence-electron chi connectivity index (χ2n) is 10.0. The van der Waals surface area contributed by atoms with Crippen LogP contribution in [0, 0.1) is 13.8 Å². The van der Waals surface area contributed by atoms with Gasteiger partial charge in [0.05, 0.1) is 36.5 Å². The second-order valence-corrected chi connectivity index (χ2v) is 11.0. The van der Waals surface area contributed by atoms with Crippen LogP contribution in [0.25, 0.3) is 11.8 Å². The zero-order chi connectivity index (χ0) is 30.8. The highest BCUT2D eigenvalue weighted by Crippen LogP contribution is 2.35. The number of ether oxygens (including phenoxy) is 3. The number of hydrogen-bond donors (Lipinski definition) is 0. The van der Waals surface area contributed by atoms with Gasteiger partial charge < -0.3 is 18.8 Å².